The highest BCUT2D eigenvalue weighted by Gasteiger charge is 2.33. The number of hydrogen-bond acceptors (Lipinski definition) is 4. The van der Waals surface area contributed by atoms with Crippen LogP contribution >= 0.6 is 34.8 Å². The number of carbonyl (C=O) groups excluding carboxylic acids is 2. The summed E-state index contributed by atoms with van der Waals surface area (Å²) in [5, 5.41) is 0.853. The van der Waals surface area contributed by atoms with E-state index in [1.165, 1.54) is 7.11 Å². The molecular formula is C18H19Cl3N2O4. The maximum atomic E-state index is 12.9. The highest BCUT2D eigenvalue weighted by Crippen LogP contribution is 2.37. The third-order valence-corrected chi connectivity index (χ3v) is 4.66. The molecule has 0 aliphatic heterocycles. The number of amides is 1. The molecule has 2 aromatic rings. The van der Waals surface area contributed by atoms with E-state index in [0.717, 1.165) is 15.2 Å². The van der Waals surface area contributed by atoms with Crippen molar-refractivity contribution in [1.82, 2.24) is 4.68 Å². The van der Waals surface area contributed by atoms with Crippen LogP contribution in [0, 0.1) is 0 Å². The summed E-state index contributed by atoms with van der Waals surface area (Å²) < 4.78 is 11.3. The molecule has 0 radical (unpaired) electrons. The van der Waals surface area contributed by atoms with Gasteiger partial charge in [-0.25, -0.2) is 19.3 Å². The minimum Gasteiger partial charge on any atom is -0.464 e. The molecule has 0 atom stereocenters. The van der Waals surface area contributed by atoms with E-state index in [4.69, 9.17) is 44.3 Å². The predicted molar refractivity (Wildman–Crippen MR) is 105 cm³/mol. The normalized spacial score (nSPS) is 11.2. The molecule has 1 aromatic heterocycles. The largest absolute Gasteiger partial charge is 0.464 e. The van der Waals surface area contributed by atoms with Gasteiger partial charge in [-0.15, -0.1) is 0 Å². The molecule has 0 unspecified atom stereocenters. The van der Waals surface area contributed by atoms with Gasteiger partial charge in [0.15, 0.2) is 5.69 Å². The molecule has 9 heteroatoms. The Balaban J connectivity index is 2.61. The van der Waals surface area contributed by atoms with Crippen molar-refractivity contribution in [3.63, 3.8) is 0 Å². The summed E-state index contributed by atoms with van der Waals surface area (Å²) in [6, 6.07) is 9.12. The van der Waals surface area contributed by atoms with Crippen LogP contribution in [-0.4, -0.2) is 29.4 Å². The zero-order valence-corrected chi connectivity index (χ0v) is 17.5. The van der Waals surface area contributed by atoms with Crippen molar-refractivity contribution in [3.05, 3.63) is 56.8 Å². The molecule has 0 saturated heterocycles. The quantitative estimate of drug-likeness (QED) is 0.613. The van der Waals surface area contributed by atoms with Crippen molar-refractivity contribution in [2.24, 2.45) is 0 Å². The molecule has 146 valence electrons. The minimum atomic E-state index is -0.796. The number of rotatable bonds is 4. The lowest BCUT2D eigenvalue weighted by Crippen LogP contribution is -2.44. The van der Waals surface area contributed by atoms with Crippen LogP contribution < -0.4 is 5.01 Å². The number of esters is 1. The monoisotopic (exact) mass is 432 g/mol. The number of benzene rings is 1. The number of carbonyl (C=O) groups is 2. The first-order chi connectivity index (χ1) is 12.6. The summed E-state index contributed by atoms with van der Waals surface area (Å²) in [6.07, 6.45) is -0.735. The maximum absolute atomic E-state index is 12.9. The Labute approximate surface area is 172 Å². The van der Waals surface area contributed by atoms with Gasteiger partial charge in [-0.2, -0.15) is 0 Å². The topological polar surface area (TPSA) is 60.8 Å². The number of nitrogens with zero attached hydrogens (tertiary/aromatic N) is 2. The Morgan fingerprint density at radius 1 is 1.07 bits per heavy atom. The van der Waals surface area contributed by atoms with Gasteiger partial charge in [-0.05, 0) is 26.3 Å². The maximum Gasteiger partial charge on any atom is 0.429 e. The molecule has 1 amide bonds. The van der Waals surface area contributed by atoms with Gasteiger partial charge in [0.25, 0.3) is 0 Å². The van der Waals surface area contributed by atoms with E-state index in [9.17, 15) is 9.59 Å². The second kappa shape index (κ2) is 8.42. The molecule has 0 aliphatic rings. The van der Waals surface area contributed by atoms with Crippen molar-refractivity contribution >= 4 is 46.9 Å². The fourth-order valence-corrected chi connectivity index (χ4v) is 3.00. The molecule has 2 rings (SSSR count). The first kappa shape index (κ1) is 21.4. The molecule has 0 fully saturated rings. The molecule has 0 spiro atoms. The predicted octanol–water partition coefficient (Wildman–Crippen LogP) is 5.31. The summed E-state index contributed by atoms with van der Waals surface area (Å²) in [5.74, 6) is -0.796. The van der Waals surface area contributed by atoms with Crippen LogP contribution in [0.15, 0.2) is 30.3 Å². The van der Waals surface area contributed by atoms with Crippen LogP contribution in [0.3, 0.4) is 0 Å². The van der Waals surface area contributed by atoms with Gasteiger partial charge >= 0.3 is 12.1 Å². The number of ether oxygens (including phenoxy) is 2. The highest BCUT2D eigenvalue weighted by molar-refractivity contribution is 6.49. The summed E-state index contributed by atoms with van der Waals surface area (Å²) in [5.41, 5.74) is -0.169. The molecule has 27 heavy (non-hydrogen) atoms. The van der Waals surface area contributed by atoms with Crippen LogP contribution in [0.1, 0.15) is 36.8 Å². The molecule has 0 bridgehead atoms. The van der Waals surface area contributed by atoms with Crippen LogP contribution in [-0.2, 0) is 16.0 Å². The smallest absolute Gasteiger partial charge is 0.429 e. The van der Waals surface area contributed by atoms with Gasteiger partial charge < -0.3 is 9.47 Å². The summed E-state index contributed by atoms with van der Waals surface area (Å²) >= 11 is 18.6. The van der Waals surface area contributed by atoms with Gasteiger partial charge in [-0.3, -0.25) is 0 Å². The van der Waals surface area contributed by atoms with E-state index >= 15 is 0 Å². The van der Waals surface area contributed by atoms with E-state index in [-0.39, 0.29) is 27.4 Å². The van der Waals surface area contributed by atoms with E-state index < -0.39 is 17.7 Å². The molecule has 1 heterocycles. The zero-order valence-electron chi connectivity index (χ0n) is 15.3. The Bertz CT molecular complexity index is 845. The van der Waals surface area contributed by atoms with Gasteiger partial charge in [0.05, 0.1) is 23.7 Å². The van der Waals surface area contributed by atoms with E-state index in [1.54, 1.807) is 20.8 Å². The Morgan fingerprint density at radius 2 is 1.67 bits per heavy atom. The van der Waals surface area contributed by atoms with Gasteiger partial charge in [0.2, 0.25) is 0 Å². The van der Waals surface area contributed by atoms with Crippen molar-refractivity contribution in [2.45, 2.75) is 32.9 Å². The number of methoxy groups -OCH3 is 1. The number of hydrogen-bond donors (Lipinski definition) is 0. The summed E-state index contributed by atoms with van der Waals surface area (Å²) in [4.78, 5) is 25.1. The van der Waals surface area contributed by atoms with Crippen LogP contribution in [0.25, 0.3) is 0 Å². The lowest BCUT2D eigenvalue weighted by atomic mass is 10.2. The average Bonchev–Trinajstić information content (AvgIpc) is 2.82. The van der Waals surface area contributed by atoms with Crippen LogP contribution in [0.4, 0.5) is 4.79 Å². The summed E-state index contributed by atoms with van der Waals surface area (Å²) in [7, 11) is 1.19. The van der Waals surface area contributed by atoms with E-state index in [1.807, 2.05) is 30.3 Å². The molecule has 6 nitrogen and oxygen atoms in total. The number of halogens is 3. The minimum absolute atomic E-state index is 0.0564. The first-order valence-electron chi connectivity index (χ1n) is 7.95. The first-order valence-corrected chi connectivity index (χ1v) is 9.08. The second-order valence-corrected chi connectivity index (χ2v) is 7.71. The number of aromatic nitrogens is 1. The van der Waals surface area contributed by atoms with Crippen LogP contribution in [0.2, 0.25) is 15.2 Å². The zero-order chi connectivity index (χ0) is 20.4. The van der Waals surface area contributed by atoms with Crippen molar-refractivity contribution in [1.29, 1.82) is 0 Å². The molecule has 0 saturated carbocycles. The molecule has 1 aromatic carbocycles. The standard InChI is InChI=1S/C18H19Cl3N2O4/c1-18(2,3)27-17(25)22(10-11-8-6-5-7-9-11)23-14(16(24)26-4)12(19)13(20)15(23)21/h5-9H,10H2,1-4H3. The van der Waals surface area contributed by atoms with Crippen molar-refractivity contribution in [2.75, 3.05) is 12.1 Å². The van der Waals surface area contributed by atoms with Crippen molar-refractivity contribution < 1.29 is 19.1 Å². The summed E-state index contributed by atoms with van der Waals surface area (Å²) in [6.45, 7) is 5.24. The average molecular weight is 434 g/mol. The van der Waals surface area contributed by atoms with E-state index in [2.05, 4.69) is 0 Å². The fraction of sp³-hybridized carbons (Fsp3) is 0.333. The molecule has 0 aliphatic carbocycles. The van der Waals surface area contributed by atoms with Crippen molar-refractivity contribution in [3.8, 4) is 0 Å². The Kier molecular flexibility index (Phi) is 6.68. The SMILES string of the molecule is COC(=O)c1c(Cl)c(Cl)c(Cl)n1N(Cc1ccccc1)C(=O)OC(C)(C)C. The third kappa shape index (κ3) is 4.89. The van der Waals surface area contributed by atoms with Gasteiger partial charge in [-0.1, -0.05) is 65.1 Å². The molecular weight excluding hydrogens is 415 g/mol. The Morgan fingerprint density at radius 3 is 2.19 bits per heavy atom. The Hall–Kier alpha value is -1.89. The molecule has 0 N–H and O–H groups in total. The second-order valence-electron chi connectivity index (χ2n) is 6.59. The lowest BCUT2D eigenvalue weighted by molar-refractivity contribution is 0.0522. The fourth-order valence-electron chi connectivity index (χ4n) is 2.27. The van der Waals surface area contributed by atoms with E-state index in [0.29, 0.717) is 0 Å². The van der Waals surface area contributed by atoms with Gasteiger partial charge in [0.1, 0.15) is 10.8 Å². The van der Waals surface area contributed by atoms with Gasteiger partial charge in [0, 0.05) is 0 Å². The lowest BCUT2D eigenvalue weighted by Gasteiger charge is -2.29. The van der Waals surface area contributed by atoms with Crippen LogP contribution in [0.5, 0.6) is 0 Å². The highest BCUT2D eigenvalue weighted by atomic mass is 35.5. The third-order valence-electron chi connectivity index (χ3n) is 3.38.